The summed E-state index contributed by atoms with van der Waals surface area (Å²) in [5.74, 6) is -4.13. The topological polar surface area (TPSA) is 94.4 Å². The number of carbonyl (C=O) groups is 3. The molecule has 1 saturated heterocycles. The minimum absolute atomic E-state index is 0.103. The monoisotopic (exact) mass is 413 g/mol. The molecule has 0 aromatic heterocycles. The van der Waals surface area contributed by atoms with Gasteiger partial charge in [0.15, 0.2) is 23.7 Å². The Morgan fingerprint density at radius 2 is 1.80 bits per heavy atom. The Kier molecular flexibility index (Phi) is 4.98. The van der Waals surface area contributed by atoms with Gasteiger partial charge in [-0.2, -0.15) is 5.11 Å². The lowest BCUT2D eigenvalue weighted by molar-refractivity contribution is -0.123. The second-order valence-corrected chi connectivity index (χ2v) is 6.90. The van der Waals surface area contributed by atoms with E-state index >= 15 is 0 Å². The second-order valence-electron chi connectivity index (χ2n) is 6.90. The molecule has 0 unspecified atom stereocenters. The van der Waals surface area contributed by atoms with Crippen molar-refractivity contribution in [2.75, 3.05) is 16.8 Å². The molecule has 0 aliphatic carbocycles. The first kappa shape index (κ1) is 19.6. The molecule has 2 heterocycles. The third-order valence-corrected chi connectivity index (χ3v) is 4.97. The fourth-order valence-corrected chi connectivity index (χ4v) is 3.40. The van der Waals surface area contributed by atoms with Crippen molar-refractivity contribution in [3.8, 4) is 0 Å². The van der Waals surface area contributed by atoms with Crippen LogP contribution < -0.4 is 10.2 Å². The van der Waals surface area contributed by atoms with E-state index in [-0.39, 0.29) is 12.2 Å². The van der Waals surface area contributed by atoms with Gasteiger partial charge in [0.2, 0.25) is 5.91 Å². The normalized spacial score (nSPS) is 20.1. The summed E-state index contributed by atoms with van der Waals surface area (Å²) in [7, 11) is 0. The molecule has 4 rings (SSSR count). The molecule has 2 aliphatic rings. The number of aryl methyl sites for hydroxylation is 1. The molecule has 0 radical (unpaired) electrons. The number of rotatable bonds is 5. The van der Waals surface area contributed by atoms with Crippen LogP contribution in [0.25, 0.3) is 0 Å². The zero-order chi connectivity index (χ0) is 21.4. The number of carbonyl (C=O) groups excluding carboxylic acids is 3. The number of hydrogen-bond acceptors (Lipinski definition) is 6. The highest BCUT2D eigenvalue weighted by atomic mass is 19.2. The van der Waals surface area contributed by atoms with E-state index < -0.39 is 41.4 Å². The van der Waals surface area contributed by atoms with Crippen LogP contribution in [0.4, 0.5) is 20.2 Å². The molecule has 3 amide bonds. The smallest absolute Gasteiger partial charge is 0.263 e. The van der Waals surface area contributed by atoms with Gasteiger partial charge in [0.25, 0.3) is 11.8 Å². The molecule has 154 valence electrons. The SMILES string of the molecule is CCc1ccc(NC(=O)CN2N=N[C@H]3C(=O)N(c4ccc(F)c(F)c4)C(=O)[C@@H]32)cc1. The summed E-state index contributed by atoms with van der Waals surface area (Å²) in [6.07, 6.45) is 0.871. The highest BCUT2D eigenvalue weighted by Gasteiger charge is 2.55. The molecular formula is C20H17F2N5O3. The van der Waals surface area contributed by atoms with Gasteiger partial charge in [-0.25, -0.2) is 13.7 Å². The van der Waals surface area contributed by atoms with Crippen LogP contribution in [0.2, 0.25) is 0 Å². The Balaban J connectivity index is 1.47. The van der Waals surface area contributed by atoms with E-state index in [1.165, 1.54) is 0 Å². The van der Waals surface area contributed by atoms with E-state index in [4.69, 9.17) is 0 Å². The molecule has 8 nitrogen and oxygen atoms in total. The van der Waals surface area contributed by atoms with Gasteiger partial charge in [0, 0.05) is 11.8 Å². The minimum atomic E-state index is -1.18. The molecule has 0 saturated carbocycles. The van der Waals surface area contributed by atoms with Gasteiger partial charge in [-0.3, -0.25) is 19.4 Å². The molecule has 1 fully saturated rings. The highest BCUT2D eigenvalue weighted by Crippen LogP contribution is 2.32. The van der Waals surface area contributed by atoms with Crippen LogP contribution in [-0.2, 0) is 20.8 Å². The second kappa shape index (κ2) is 7.62. The number of halogens is 2. The van der Waals surface area contributed by atoms with Crippen molar-refractivity contribution in [1.82, 2.24) is 5.01 Å². The van der Waals surface area contributed by atoms with Crippen LogP contribution in [0.5, 0.6) is 0 Å². The Morgan fingerprint density at radius 1 is 1.07 bits per heavy atom. The molecule has 2 aliphatic heterocycles. The number of imide groups is 1. The standard InChI is InChI=1S/C20H17F2N5O3/c1-2-11-3-5-12(6-4-11)23-16(28)10-26-18-17(24-25-26)19(29)27(20(18)30)13-7-8-14(21)15(22)9-13/h3-9,17-18H,2,10H2,1H3,(H,23,28)/t17-,18-/m1/s1. The Bertz CT molecular complexity index is 1060. The summed E-state index contributed by atoms with van der Waals surface area (Å²) < 4.78 is 26.7. The molecule has 30 heavy (non-hydrogen) atoms. The lowest BCUT2D eigenvalue weighted by atomic mass is 10.1. The van der Waals surface area contributed by atoms with E-state index in [0.29, 0.717) is 5.69 Å². The number of anilines is 2. The summed E-state index contributed by atoms with van der Waals surface area (Å²) >= 11 is 0. The van der Waals surface area contributed by atoms with Gasteiger partial charge in [-0.05, 0) is 36.2 Å². The van der Waals surface area contributed by atoms with Gasteiger partial charge >= 0.3 is 0 Å². The lowest BCUT2D eigenvalue weighted by Crippen LogP contribution is -2.43. The summed E-state index contributed by atoms with van der Waals surface area (Å²) in [6.45, 7) is 1.72. The van der Waals surface area contributed by atoms with E-state index in [1.807, 2.05) is 19.1 Å². The predicted molar refractivity (Wildman–Crippen MR) is 102 cm³/mol. The van der Waals surface area contributed by atoms with Crippen molar-refractivity contribution in [3.63, 3.8) is 0 Å². The number of fused-ring (bicyclic) bond motifs is 1. The fourth-order valence-electron chi connectivity index (χ4n) is 3.40. The molecule has 2 aromatic carbocycles. The third-order valence-electron chi connectivity index (χ3n) is 4.97. The predicted octanol–water partition coefficient (Wildman–Crippen LogP) is 2.46. The number of nitrogens with zero attached hydrogens (tertiary/aromatic N) is 4. The van der Waals surface area contributed by atoms with Gasteiger partial charge in [-0.1, -0.05) is 24.3 Å². The lowest BCUT2D eigenvalue weighted by Gasteiger charge is -2.20. The number of nitrogens with one attached hydrogen (secondary N) is 1. The van der Waals surface area contributed by atoms with Crippen LogP contribution in [0.3, 0.4) is 0 Å². The molecule has 2 atom stereocenters. The molecule has 10 heteroatoms. The zero-order valence-corrected chi connectivity index (χ0v) is 15.9. The van der Waals surface area contributed by atoms with Crippen molar-refractivity contribution in [1.29, 1.82) is 0 Å². The highest BCUT2D eigenvalue weighted by molar-refractivity contribution is 6.25. The quantitative estimate of drug-likeness (QED) is 0.762. The molecule has 0 bridgehead atoms. The number of benzene rings is 2. The zero-order valence-electron chi connectivity index (χ0n) is 15.9. The van der Waals surface area contributed by atoms with Crippen molar-refractivity contribution >= 4 is 29.1 Å². The van der Waals surface area contributed by atoms with Crippen LogP contribution in [0.15, 0.2) is 52.8 Å². The van der Waals surface area contributed by atoms with E-state index in [1.54, 1.807) is 12.1 Å². The van der Waals surface area contributed by atoms with Crippen LogP contribution in [0, 0.1) is 11.6 Å². The van der Waals surface area contributed by atoms with E-state index in [0.717, 1.165) is 40.1 Å². The molecule has 2 aromatic rings. The summed E-state index contributed by atoms with van der Waals surface area (Å²) in [6, 6.07) is 7.78. The minimum Gasteiger partial charge on any atom is -0.324 e. The third kappa shape index (κ3) is 3.40. The first-order valence-corrected chi connectivity index (χ1v) is 9.28. The Hall–Kier alpha value is -3.69. The van der Waals surface area contributed by atoms with Gasteiger partial charge in [0.05, 0.1) is 5.69 Å². The van der Waals surface area contributed by atoms with Crippen LogP contribution in [-0.4, -0.2) is 41.4 Å². The number of hydrogen-bond donors (Lipinski definition) is 1. The number of amides is 3. The van der Waals surface area contributed by atoms with E-state index in [9.17, 15) is 23.2 Å². The Labute approximate surface area is 170 Å². The summed E-state index contributed by atoms with van der Waals surface area (Å²) in [5.41, 5.74) is 1.60. The molecule has 1 N–H and O–H groups in total. The molecular weight excluding hydrogens is 396 g/mol. The Morgan fingerprint density at radius 3 is 2.47 bits per heavy atom. The van der Waals surface area contributed by atoms with Crippen molar-refractivity contribution in [2.45, 2.75) is 25.4 Å². The van der Waals surface area contributed by atoms with Crippen molar-refractivity contribution in [2.24, 2.45) is 10.3 Å². The van der Waals surface area contributed by atoms with Crippen LogP contribution in [0.1, 0.15) is 12.5 Å². The maximum Gasteiger partial charge on any atom is 0.263 e. The average molecular weight is 413 g/mol. The van der Waals surface area contributed by atoms with Crippen LogP contribution >= 0.6 is 0 Å². The van der Waals surface area contributed by atoms with Gasteiger partial charge < -0.3 is 5.32 Å². The maximum atomic E-state index is 13.6. The summed E-state index contributed by atoms with van der Waals surface area (Å²) in [4.78, 5) is 38.5. The van der Waals surface area contributed by atoms with Crippen molar-refractivity contribution in [3.05, 3.63) is 59.7 Å². The van der Waals surface area contributed by atoms with Gasteiger partial charge in [-0.15, -0.1) is 0 Å². The fraction of sp³-hybridized carbons (Fsp3) is 0.250. The first-order valence-electron chi connectivity index (χ1n) is 9.28. The van der Waals surface area contributed by atoms with Gasteiger partial charge in [0.1, 0.15) is 6.54 Å². The van der Waals surface area contributed by atoms with Crippen molar-refractivity contribution < 1.29 is 23.2 Å². The summed E-state index contributed by atoms with van der Waals surface area (Å²) in [5, 5.41) is 11.4. The largest absolute Gasteiger partial charge is 0.324 e. The van der Waals surface area contributed by atoms with E-state index in [2.05, 4.69) is 15.7 Å². The molecule has 0 spiro atoms. The maximum absolute atomic E-state index is 13.6. The first-order chi connectivity index (χ1) is 14.4. The average Bonchev–Trinajstić information content (AvgIpc) is 3.24.